The lowest BCUT2D eigenvalue weighted by Crippen LogP contribution is -2.39. The van der Waals surface area contributed by atoms with Gasteiger partial charge >= 0.3 is 0 Å². The minimum atomic E-state index is -4.64. The Hall–Kier alpha value is 0.0369. The van der Waals surface area contributed by atoms with Crippen LogP contribution in [0.25, 0.3) is 0 Å². The van der Waals surface area contributed by atoms with Gasteiger partial charge in [-0.15, -0.1) is 0 Å². The van der Waals surface area contributed by atoms with Crippen molar-refractivity contribution in [2.75, 3.05) is 0 Å². The molecule has 0 aliphatic carbocycles. The monoisotopic (exact) mass is 290 g/mol. The van der Waals surface area contributed by atoms with Crippen molar-refractivity contribution in [3.63, 3.8) is 0 Å². The topological polar surface area (TPSA) is 97.7 Å². The Morgan fingerprint density at radius 3 is 2.00 bits per heavy atom. The van der Waals surface area contributed by atoms with Gasteiger partial charge in [0.05, 0.1) is 0 Å². The lowest BCUT2D eigenvalue weighted by molar-refractivity contribution is 0.458. The molecule has 6 nitrogen and oxygen atoms in total. The second-order valence-electron chi connectivity index (χ2n) is 4.17. The van der Waals surface area contributed by atoms with Crippen molar-refractivity contribution in [2.45, 2.75) is 44.0 Å². The van der Waals surface area contributed by atoms with Gasteiger partial charge in [0.15, 0.2) is 0 Å². The smallest absolute Gasteiger partial charge is 0.284 e. The van der Waals surface area contributed by atoms with Crippen LogP contribution in [0.4, 0.5) is 0 Å². The van der Waals surface area contributed by atoms with E-state index in [1.54, 1.807) is 13.1 Å². The lowest BCUT2D eigenvalue weighted by Gasteiger charge is -2.22. The highest BCUT2D eigenvalue weighted by Gasteiger charge is 2.38. The third-order valence-electron chi connectivity index (χ3n) is 2.02. The van der Waals surface area contributed by atoms with Crippen LogP contribution < -0.4 is 0 Å². The maximum absolute atomic E-state index is 11.5. The number of hydrogen-bond acceptors (Lipinski definition) is 5. The average Bonchev–Trinajstić information content (AvgIpc) is 1.98. The molecular weight excluding hydrogens is 272 g/mol. The van der Waals surface area contributed by atoms with Crippen LogP contribution in [0.1, 0.15) is 20.3 Å². The summed E-state index contributed by atoms with van der Waals surface area (Å²) in [5.74, 6) is 0. The Kier molecular flexibility index (Phi) is 5.14. The van der Waals surface area contributed by atoms with Crippen molar-refractivity contribution in [3.05, 3.63) is 0 Å². The van der Waals surface area contributed by atoms with E-state index in [0.717, 1.165) is 13.3 Å². The molecule has 9 heteroatoms. The molecule has 0 amide bonds. The minimum Gasteiger partial charge on any atom is -0.314 e. The Morgan fingerprint density at radius 1 is 1.25 bits per heavy atom. The van der Waals surface area contributed by atoms with Crippen LogP contribution in [0, 0.1) is 0 Å². The Bertz CT molecular complexity index is 424. The second-order valence-corrected chi connectivity index (χ2v) is 12.6. The van der Waals surface area contributed by atoms with E-state index in [4.69, 9.17) is 8.42 Å². The van der Waals surface area contributed by atoms with Gasteiger partial charge in [-0.3, -0.25) is 4.55 Å². The summed E-state index contributed by atoms with van der Waals surface area (Å²) >= 11 is 0. The van der Waals surface area contributed by atoms with Crippen LogP contribution in [0.5, 0.6) is 0 Å². The van der Waals surface area contributed by atoms with Crippen molar-refractivity contribution in [3.8, 4) is 0 Å². The highest BCUT2D eigenvalue weighted by Crippen LogP contribution is 2.20. The zero-order chi connectivity index (χ0) is 13.2. The van der Waals surface area contributed by atoms with Crippen LogP contribution in [0.2, 0.25) is 19.1 Å². The van der Waals surface area contributed by atoms with E-state index < -0.39 is 33.1 Å². The van der Waals surface area contributed by atoms with Crippen molar-refractivity contribution in [2.24, 2.45) is 0 Å². The van der Waals surface area contributed by atoms with Crippen LogP contribution in [0.15, 0.2) is 0 Å². The van der Waals surface area contributed by atoms with Gasteiger partial charge in [-0.05, 0) is 26.1 Å². The number of hydrogen-bond donors (Lipinski definition) is 1. The van der Waals surface area contributed by atoms with E-state index in [2.05, 4.69) is 0 Å². The standard InChI is InChI=1S/C7H18O6S2Si/c1-5-6-16(3,4)13-15(11,12)7(2)14(8,9)10/h7H,5-6H2,1-4H3,(H,8,9,10). The molecule has 0 aromatic carbocycles. The average molecular weight is 290 g/mol. The molecule has 16 heavy (non-hydrogen) atoms. The molecule has 0 saturated heterocycles. The van der Waals surface area contributed by atoms with Gasteiger partial charge in [-0.1, -0.05) is 13.3 Å². The van der Waals surface area contributed by atoms with E-state index in [0.29, 0.717) is 6.04 Å². The van der Waals surface area contributed by atoms with E-state index in [-0.39, 0.29) is 0 Å². The summed E-state index contributed by atoms with van der Waals surface area (Å²) in [7, 11) is -11.4. The zero-order valence-electron chi connectivity index (χ0n) is 9.80. The van der Waals surface area contributed by atoms with E-state index in [1.807, 2.05) is 6.92 Å². The van der Waals surface area contributed by atoms with Crippen molar-refractivity contribution < 1.29 is 25.3 Å². The quantitative estimate of drug-likeness (QED) is 0.582. The van der Waals surface area contributed by atoms with Gasteiger partial charge in [0.25, 0.3) is 20.2 Å². The second kappa shape index (κ2) is 5.13. The van der Waals surface area contributed by atoms with Crippen molar-refractivity contribution >= 4 is 28.6 Å². The summed E-state index contributed by atoms with van der Waals surface area (Å²) < 4.78 is 56.2. The molecule has 0 saturated carbocycles. The molecule has 0 aliphatic heterocycles. The van der Waals surface area contributed by atoms with E-state index in [1.165, 1.54) is 0 Å². The molecule has 0 aliphatic rings. The fourth-order valence-electron chi connectivity index (χ4n) is 1.17. The lowest BCUT2D eigenvalue weighted by atomic mass is 10.6. The predicted molar refractivity (Wildman–Crippen MR) is 63.6 cm³/mol. The fourth-order valence-corrected chi connectivity index (χ4v) is 7.31. The molecule has 0 fully saturated rings. The molecular formula is C7H18O6S2Si. The molecule has 1 atom stereocenters. The number of rotatable bonds is 6. The van der Waals surface area contributed by atoms with E-state index in [9.17, 15) is 16.8 Å². The summed E-state index contributed by atoms with van der Waals surface area (Å²) in [6, 6.07) is 0.602. The molecule has 0 bridgehead atoms. The highest BCUT2D eigenvalue weighted by molar-refractivity contribution is 8.04. The van der Waals surface area contributed by atoms with Crippen molar-refractivity contribution in [1.29, 1.82) is 0 Å². The zero-order valence-corrected chi connectivity index (χ0v) is 12.4. The summed E-state index contributed by atoms with van der Waals surface area (Å²) in [5, 5.41) is 0. The predicted octanol–water partition coefficient (Wildman–Crippen LogP) is 1.18. The van der Waals surface area contributed by atoms with Crippen LogP contribution in [-0.4, -0.2) is 34.3 Å². The molecule has 98 valence electrons. The van der Waals surface area contributed by atoms with Crippen LogP contribution >= 0.6 is 0 Å². The van der Waals surface area contributed by atoms with Gasteiger partial charge in [0, 0.05) is 0 Å². The molecule has 0 spiro atoms. The first kappa shape index (κ1) is 16.0. The molecule has 1 unspecified atom stereocenters. The Morgan fingerprint density at radius 2 is 1.69 bits per heavy atom. The first-order valence-corrected chi connectivity index (χ1v) is 10.9. The van der Waals surface area contributed by atoms with Crippen molar-refractivity contribution in [1.82, 2.24) is 0 Å². The molecule has 0 radical (unpaired) electrons. The van der Waals surface area contributed by atoms with E-state index >= 15 is 0 Å². The SMILES string of the molecule is CCC[Si](C)(C)OS(=O)(=O)C(C)S(=O)(=O)O. The molecule has 0 aromatic heterocycles. The normalized spacial score (nSPS) is 16.1. The minimum absolute atomic E-state index is 0.602. The summed E-state index contributed by atoms with van der Waals surface area (Å²) in [4.78, 5) is 0. The van der Waals surface area contributed by atoms with Gasteiger partial charge in [0.1, 0.15) is 0 Å². The molecule has 0 rings (SSSR count). The molecule has 1 N–H and O–H groups in total. The largest absolute Gasteiger partial charge is 0.314 e. The Balaban J connectivity index is 4.99. The van der Waals surface area contributed by atoms with Gasteiger partial charge < -0.3 is 3.87 Å². The van der Waals surface area contributed by atoms with Gasteiger partial charge in [-0.25, -0.2) is 0 Å². The van der Waals surface area contributed by atoms with Gasteiger partial charge in [-0.2, -0.15) is 16.8 Å². The third kappa shape index (κ3) is 4.91. The maximum Gasteiger partial charge on any atom is 0.284 e. The molecule has 0 heterocycles. The van der Waals surface area contributed by atoms with Crippen LogP contribution in [0.3, 0.4) is 0 Å². The Labute approximate surface area is 98.0 Å². The summed E-state index contributed by atoms with van der Waals surface area (Å²) in [6.07, 6.45) is 0.759. The summed E-state index contributed by atoms with van der Waals surface area (Å²) in [5.41, 5.74) is 0. The maximum atomic E-state index is 11.5. The highest BCUT2D eigenvalue weighted by atomic mass is 32.3. The molecule has 0 aromatic rings. The van der Waals surface area contributed by atoms with Gasteiger partial charge in [0.2, 0.25) is 12.9 Å². The van der Waals surface area contributed by atoms with Crippen LogP contribution in [-0.2, 0) is 24.1 Å². The fraction of sp³-hybridized carbons (Fsp3) is 1.00. The summed E-state index contributed by atoms with van der Waals surface area (Å²) in [6.45, 7) is 6.15. The first-order valence-electron chi connectivity index (χ1n) is 4.83. The third-order valence-corrected chi connectivity index (χ3v) is 9.55. The first-order chi connectivity index (χ1) is 6.92.